The number of rotatable bonds is 15. The van der Waals surface area contributed by atoms with E-state index in [0.29, 0.717) is 19.8 Å². The number of aliphatic imine (C=N–C) groups is 1. The highest BCUT2D eigenvalue weighted by molar-refractivity contribution is 5.79. The minimum atomic E-state index is 0.545. The van der Waals surface area contributed by atoms with Gasteiger partial charge in [-0.1, -0.05) is 31.4 Å². The highest BCUT2D eigenvalue weighted by atomic mass is 16.5. The van der Waals surface area contributed by atoms with E-state index >= 15 is 0 Å². The van der Waals surface area contributed by atoms with E-state index in [1.165, 1.54) is 44.2 Å². The summed E-state index contributed by atoms with van der Waals surface area (Å²) in [4.78, 5) is 7.00. The van der Waals surface area contributed by atoms with E-state index in [-0.39, 0.29) is 0 Å². The van der Waals surface area contributed by atoms with Gasteiger partial charge >= 0.3 is 0 Å². The Kier molecular flexibility index (Phi) is 14.0. The minimum Gasteiger partial charge on any atom is -0.491 e. The quantitative estimate of drug-likeness (QED) is 0.265. The molecule has 0 radical (unpaired) electrons. The zero-order valence-electron chi connectivity index (χ0n) is 19.2. The second-order valence-electron chi connectivity index (χ2n) is 7.65. The number of methoxy groups -OCH3 is 1. The average Bonchev–Trinajstić information content (AvgIpc) is 2.69. The number of ether oxygens (including phenoxy) is 2. The topological polar surface area (TPSA) is 58.1 Å². The highest BCUT2D eigenvalue weighted by Crippen LogP contribution is 2.21. The second kappa shape index (κ2) is 16.1. The highest BCUT2D eigenvalue weighted by Gasteiger charge is 2.05. The summed E-state index contributed by atoms with van der Waals surface area (Å²) >= 11 is 0. The molecule has 0 heterocycles. The molecule has 0 saturated heterocycles. The summed E-state index contributed by atoms with van der Waals surface area (Å²) in [6.07, 6.45) is 6.33. The molecule has 0 unspecified atom stereocenters. The summed E-state index contributed by atoms with van der Waals surface area (Å²) in [7, 11) is 5.95. The van der Waals surface area contributed by atoms with Gasteiger partial charge in [-0.05, 0) is 59.0 Å². The number of nitrogens with one attached hydrogen (secondary N) is 2. The fourth-order valence-electron chi connectivity index (χ4n) is 2.96. The molecular weight excluding hydrogens is 364 g/mol. The third-order valence-electron chi connectivity index (χ3n) is 4.59. The van der Waals surface area contributed by atoms with Crippen LogP contribution in [0.25, 0.3) is 0 Å². The van der Waals surface area contributed by atoms with Gasteiger partial charge in [0.1, 0.15) is 12.4 Å². The molecule has 0 bridgehead atoms. The van der Waals surface area contributed by atoms with Crippen LogP contribution in [0.4, 0.5) is 0 Å². The van der Waals surface area contributed by atoms with Crippen molar-refractivity contribution in [3.63, 3.8) is 0 Å². The summed E-state index contributed by atoms with van der Waals surface area (Å²) in [6, 6.07) is 6.26. The first-order valence-corrected chi connectivity index (χ1v) is 10.9. The van der Waals surface area contributed by atoms with Crippen molar-refractivity contribution in [2.75, 3.05) is 54.1 Å². The summed E-state index contributed by atoms with van der Waals surface area (Å²) in [5, 5.41) is 6.79. The maximum Gasteiger partial charge on any atom is 0.191 e. The van der Waals surface area contributed by atoms with Gasteiger partial charge in [-0.15, -0.1) is 0 Å². The Balaban J connectivity index is 2.45. The molecule has 1 rings (SSSR count). The van der Waals surface area contributed by atoms with Crippen molar-refractivity contribution in [1.82, 2.24) is 15.5 Å². The van der Waals surface area contributed by atoms with Crippen LogP contribution in [-0.2, 0) is 11.3 Å². The third kappa shape index (κ3) is 12.4. The average molecular weight is 407 g/mol. The first kappa shape index (κ1) is 25.2. The van der Waals surface area contributed by atoms with Crippen molar-refractivity contribution in [3.05, 3.63) is 29.3 Å². The number of unbranched alkanes of at least 4 members (excludes halogenated alkanes) is 4. The number of guanidine groups is 1. The standard InChI is InChI=1S/C23H42N4O2/c1-6-24-23(25-14-10-8-7-9-11-15-27(3)4)26-19-21-13-12-20(2)18-22(21)29-17-16-28-5/h12-13,18H,6-11,14-17,19H2,1-5H3,(H2,24,25,26). The summed E-state index contributed by atoms with van der Waals surface area (Å²) < 4.78 is 11.0. The smallest absolute Gasteiger partial charge is 0.191 e. The van der Waals surface area contributed by atoms with Crippen LogP contribution in [0.3, 0.4) is 0 Å². The maximum atomic E-state index is 5.87. The number of benzene rings is 1. The largest absolute Gasteiger partial charge is 0.491 e. The lowest BCUT2D eigenvalue weighted by molar-refractivity contribution is 0.145. The summed E-state index contributed by atoms with van der Waals surface area (Å²) in [5.41, 5.74) is 2.27. The molecule has 6 heteroatoms. The molecule has 0 saturated carbocycles. The number of hydrogen-bond donors (Lipinski definition) is 2. The van der Waals surface area contributed by atoms with Gasteiger partial charge in [0.15, 0.2) is 5.96 Å². The third-order valence-corrected chi connectivity index (χ3v) is 4.59. The van der Waals surface area contributed by atoms with Crippen LogP contribution < -0.4 is 15.4 Å². The predicted octanol–water partition coefficient (Wildman–Crippen LogP) is 3.59. The zero-order chi connectivity index (χ0) is 21.3. The Morgan fingerprint density at radius 2 is 1.79 bits per heavy atom. The van der Waals surface area contributed by atoms with Crippen LogP contribution in [0.1, 0.15) is 50.2 Å². The van der Waals surface area contributed by atoms with Gasteiger partial charge in [0, 0.05) is 25.8 Å². The fraction of sp³-hybridized carbons (Fsp3) is 0.696. The summed E-state index contributed by atoms with van der Waals surface area (Å²) in [6.45, 7) is 8.86. The molecule has 1 aromatic rings. The van der Waals surface area contributed by atoms with Crippen molar-refractivity contribution in [1.29, 1.82) is 0 Å². The van der Waals surface area contributed by atoms with Gasteiger partial charge in [-0.25, -0.2) is 4.99 Å². The molecule has 166 valence electrons. The molecule has 0 amide bonds. The van der Waals surface area contributed by atoms with Gasteiger partial charge in [0.05, 0.1) is 13.2 Å². The molecule has 0 atom stereocenters. The monoisotopic (exact) mass is 406 g/mol. The molecule has 0 aliphatic heterocycles. The molecule has 2 N–H and O–H groups in total. The Morgan fingerprint density at radius 3 is 2.52 bits per heavy atom. The van der Waals surface area contributed by atoms with E-state index in [2.05, 4.69) is 61.7 Å². The molecule has 0 aliphatic rings. The van der Waals surface area contributed by atoms with Crippen LogP contribution in [-0.4, -0.2) is 64.9 Å². The molecule has 0 spiro atoms. The van der Waals surface area contributed by atoms with E-state index in [1.54, 1.807) is 7.11 Å². The zero-order valence-corrected chi connectivity index (χ0v) is 19.2. The van der Waals surface area contributed by atoms with Crippen molar-refractivity contribution in [2.24, 2.45) is 4.99 Å². The van der Waals surface area contributed by atoms with Crippen molar-refractivity contribution in [3.8, 4) is 5.75 Å². The van der Waals surface area contributed by atoms with E-state index in [0.717, 1.165) is 30.4 Å². The van der Waals surface area contributed by atoms with Crippen LogP contribution in [0.15, 0.2) is 23.2 Å². The maximum absolute atomic E-state index is 5.87. The Labute approximate surface area is 178 Å². The number of aryl methyl sites for hydroxylation is 1. The van der Waals surface area contributed by atoms with E-state index < -0.39 is 0 Å². The molecule has 1 aromatic carbocycles. The number of hydrogen-bond acceptors (Lipinski definition) is 4. The number of nitrogens with zero attached hydrogens (tertiary/aromatic N) is 2. The lowest BCUT2D eigenvalue weighted by Gasteiger charge is -2.14. The van der Waals surface area contributed by atoms with Crippen molar-refractivity contribution < 1.29 is 9.47 Å². The van der Waals surface area contributed by atoms with Crippen molar-refractivity contribution in [2.45, 2.75) is 52.5 Å². The van der Waals surface area contributed by atoms with Gasteiger partial charge < -0.3 is 25.0 Å². The molecule has 6 nitrogen and oxygen atoms in total. The van der Waals surface area contributed by atoms with Crippen LogP contribution in [0.5, 0.6) is 5.75 Å². The molecule has 0 aromatic heterocycles. The van der Waals surface area contributed by atoms with Crippen molar-refractivity contribution >= 4 is 5.96 Å². The fourth-order valence-corrected chi connectivity index (χ4v) is 2.96. The van der Waals surface area contributed by atoms with Gasteiger partial charge in [0.25, 0.3) is 0 Å². The van der Waals surface area contributed by atoms with E-state index in [4.69, 9.17) is 14.5 Å². The van der Waals surface area contributed by atoms with Crippen LogP contribution in [0, 0.1) is 6.92 Å². The van der Waals surface area contributed by atoms with Gasteiger partial charge in [0.2, 0.25) is 0 Å². The lowest BCUT2D eigenvalue weighted by Crippen LogP contribution is -2.37. The second-order valence-corrected chi connectivity index (χ2v) is 7.65. The minimum absolute atomic E-state index is 0.545. The van der Waals surface area contributed by atoms with E-state index in [1.807, 2.05) is 0 Å². The molecule has 0 fully saturated rings. The van der Waals surface area contributed by atoms with Gasteiger partial charge in [-0.3, -0.25) is 0 Å². The SMILES string of the molecule is CCNC(=NCc1ccc(C)cc1OCCOC)NCCCCCCCN(C)C. The molecule has 29 heavy (non-hydrogen) atoms. The van der Waals surface area contributed by atoms with E-state index in [9.17, 15) is 0 Å². The Morgan fingerprint density at radius 1 is 1.03 bits per heavy atom. The Hall–Kier alpha value is -1.79. The molecular formula is C23H42N4O2. The predicted molar refractivity (Wildman–Crippen MR) is 123 cm³/mol. The lowest BCUT2D eigenvalue weighted by atomic mass is 10.1. The van der Waals surface area contributed by atoms with Gasteiger partial charge in [-0.2, -0.15) is 0 Å². The first-order chi connectivity index (χ1) is 14.1. The van der Waals surface area contributed by atoms with Crippen LogP contribution >= 0.6 is 0 Å². The van der Waals surface area contributed by atoms with Crippen LogP contribution in [0.2, 0.25) is 0 Å². The normalized spacial score (nSPS) is 11.7. The first-order valence-electron chi connectivity index (χ1n) is 10.9. The Bertz CT molecular complexity index is 576. The molecule has 0 aliphatic carbocycles. The summed E-state index contributed by atoms with van der Waals surface area (Å²) in [5.74, 6) is 1.75.